The predicted octanol–water partition coefficient (Wildman–Crippen LogP) is 3.34. The fourth-order valence-electron chi connectivity index (χ4n) is 3.79. The number of anilines is 3. The van der Waals surface area contributed by atoms with Crippen LogP contribution < -0.4 is 20.7 Å². The van der Waals surface area contributed by atoms with Crippen molar-refractivity contribution in [1.29, 1.82) is 0 Å². The van der Waals surface area contributed by atoms with Crippen LogP contribution in [0.15, 0.2) is 54.9 Å². The number of benzene rings is 1. The van der Waals surface area contributed by atoms with Gasteiger partial charge in [0, 0.05) is 44.3 Å². The lowest BCUT2D eigenvalue weighted by Crippen LogP contribution is -2.50. The van der Waals surface area contributed by atoms with Crippen molar-refractivity contribution in [3.05, 3.63) is 66.1 Å². The zero-order chi connectivity index (χ0) is 23.0. The van der Waals surface area contributed by atoms with Gasteiger partial charge in [-0.1, -0.05) is 25.5 Å². The number of urea groups is 1. The first-order chi connectivity index (χ1) is 16.1. The molecule has 3 N–H and O–H groups in total. The highest BCUT2D eigenvalue weighted by Gasteiger charge is 2.24. The number of nitrogens with zero attached hydrogens (tertiary/aromatic N) is 5. The lowest BCUT2D eigenvalue weighted by Gasteiger charge is -2.35. The molecule has 33 heavy (non-hydrogen) atoms. The lowest BCUT2D eigenvalue weighted by molar-refractivity contribution is 0.208. The smallest absolute Gasteiger partial charge is 0.321 e. The normalized spacial score (nSPS) is 13.6. The van der Waals surface area contributed by atoms with E-state index in [2.05, 4.69) is 38.2 Å². The summed E-state index contributed by atoms with van der Waals surface area (Å²) in [6.45, 7) is 4.94. The molecule has 0 radical (unpaired) electrons. The molecule has 172 valence electrons. The number of hydrogen-bond acceptors (Lipinski definition) is 7. The Bertz CT molecular complexity index is 1080. The number of amides is 2. The number of ether oxygens (including phenoxy) is 1. The Kier molecular flexibility index (Phi) is 7.19. The van der Waals surface area contributed by atoms with Gasteiger partial charge in [-0.05, 0) is 42.3 Å². The third kappa shape index (κ3) is 5.88. The number of aromatic nitrogens is 3. The van der Waals surface area contributed by atoms with Crippen molar-refractivity contribution in [2.24, 2.45) is 0 Å². The first kappa shape index (κ1) is 22.3. The SMILES string of the molecule is CCCc1cccc(NC(=O)N2CCN(c3ncccc3OCc3ccnc(N)n3)CC2)c1. The van der Waals surface area contributed by atoms with Crippen LogP contribution in [-0.4, -0.2) is 52.1 Å². The number of nitrogens with two attached hydrogens (primary N) is 1. The first-order valence-electron chi connectivity index (χ1n) is 11.2. The minimum absolute atomic E-state index is 0.0813. The molecule has 2 amide bonds. The molecular formula is C24H29N7O2. The molecule has 1 aromatic carbocycles. The first-order valence-corrected chi connectivity index (χ1v) is 11.2. The topological polar surface area (TPSA) is 110 Å². The van der Waals surface area contributed by atoms with E-state index >= 15 is 0 Å². The monoisotopic (exact) mass is 447 g/mol. The average Bonchev–Trinajstić information content (AvgIpc) is 2.84. The van der Waals surface area contributed by atoms with Crippen molar-refractivity contribution in [2.45, 2.75) is 26.4 Å². The summed E-state index contributed by atoms with van der Waals surface area (Å²) in [4.78, 5) is 29.3. The molecule has 1 aliphatic heterocycles. The molecule has 9 heteroatoms. The van der Waals surface area contributed by atoms with Crippen LogP contribution in [-0.2, 0) is 13.0 Å². The van der Waals surface area contributed by atoms with Crippen LogP contribution in [0.5, 0.6) is 5.75 Å². The second-order valence-corrected chi connectivity index (χ2v) is 7.87. The maximum absolute atomic E-state index is 12.8. The molecule has 3 aromatic rings. The minimum Gasteiger partial charge on any atom is -0.483 e. The van der Waals surface area contributed by atoms with Gasteiger partial charge >= 0.3 is 6.03 Å². The molecule has 0 bridgehead atoms. The quantitative estimate of drug-likeness (QED) is 0.572. The van der Waals surface area contributed by atoms with Crippen molar-refractivity contribution in [3.63, 3.8) is 0 Å². The van der Waals surface area contributed by atoms with E-state index in [1.54, 1.807) is 18.5 Å². The number of aryl methyl sites for hydroxylation is 1. The summed E-state index contributed by atoms with van der Waals surface area (Å²) in [6, 6.07) is 13.4. The highest BCUT2D eigenvalue weighted by molar-refractivity contribution is 5.89. The van der Waals surface area contributed by atoms with E-state index in [0.29, 0.717) is 37.6 Å². The average molecular weight is 448 g/mol. The van der Waals surface area contributed by atoms with Crippen LogP contribution in [0.4, 0.5) is 22.2 Å². The van der Waals surface area contributed by atoms with Gasteiger partial charge in [-0.2, -0.15) is 0 Å². The van der Waals surface area contributed by atoms with Crippen molar-refractivity contribution in [3.8, 4) is 5.75 Å². The number of nitrogen functional groups attached to an aromatic ring is 1. The Morgan fingerprint density at radius 3 is 2.73 bits per heavy atom. The maximum atomic E-state index is 12.8. The molecular weight excluding hydrogens is 418 g/mol. The van der Waals surface area contributed by atoms with Gasteiger partial charge in [-0.25, -0.2) is 19.7 Å². The highest BCUT2D eigenvalue weighted by atomic mass is 16.5. The Balaban J connectivity index is 1.34. The van der Waals surface area contributed by atoms with Crippen LogP contribution >= 0.6 is 0 Å². The summed E-state index contributed by atoms with van der Waals surface area (Å²) >= 11 is 0. The third-order valence-corrected chi connectivity index (χ3v) is 5.44. The second kappa shape index (κ2) is 10.6. The summed E-state index contributed by atoms with van der Waals surface area (Å²) < 4.78 is 5.97. The fraction of sp³-hybridized carbons (Fsp3) is 0.333. The van der Waals surface area contributed by atoms with E-state index in [-0.39, 0.29) is 18.6 Å². The molecule has 0 saturated carbocycles. The van der Waals surface area contributed by atoms with Crippen LogP contribution in [0, 0.1) is 0 Å². The van der Waals surface area contributed by atoms with Gasteiger partial charge in [0.05, 0.1) is 5.69 Å². The van der Waals surface area contributed by atoms with E-state index in [9.17, 15) is 4.79 Å². The van der Waals surface area contributed by atoms with Crippen LogP contribution in [0.25, 0.3) is 0 Å². The van der Waals surface area contributed by atoms with Crippen LogP contribution in [0.2, 0.25) is 0 Å². The lowest BCUT2D eigenvalue weighted by atomic mass is 10.1. The van der Waals surface area contributed by atoms with Gasteiger partial charge in [0.2, 0.25) is 5.95 Å². The molecule has 2 aromatic heterocycles. The Hall–Kier alpha value is -3.88. The molecule has 1 aliphatic rings. The van der Waals surface area contributed by atoms with E-state index in [1.165, 1.54) is 5.56 Å². The number of piperazine rings is 1. The van der Waals surface area contributed by atoms with Gasteiger partial charge in [0.1, 0.15) is 6.61 Å². The van der Waals surface area contributed by atoms with Gasteiger partial charge in [-0.15, -0.1) is 0 Å². The summed E-state index contributed by atoms with van der Waals surface area (Å²) in [5, 5.41) is 3.03. The molecule has 4 rings (SSSR count). The number of nitrogens with one attached hydrogen (secondary N) is 1. The van der Waals surface area contributed by atoms with Gasteiger partial charge in [0.25, 0.3) is 0 Å². The van der Waals surface area contributed by atoms with E-state index in [0.717, 1.165) is 24.3 Å². The largest absolute Gasteiger partial charge is 0.483 e. The second-order valence-electron chi connectivity index (χ2n) is 7.87. The van der Waals surface area contributed by atoms with E-state index < -0.39 is 0 Å². The molecule has 0 atom stereocenters. The molecule has 3 heterocycles. The number of carbonyl (C=O) groups is 1. The fourth-order valence-corrected chi connectivity index (χ4v) is 3.79. The van der Waals surface area contributed by atoms with Gasteiger partial charge < -0.3 is 25.6 Å². The summed E-state index contributed by atoms with van der Waals surface area (Å²) in [7, 11) is 0. The van der Waals surface area contributed by atoms with Crippen molar-refractivity contribution >= 4 is 23.5 Å². The molecule has 0 aliphatic carbocycles. The minimum atomic E-state index is -0.0813. The molecule has 0 spiro atoms. The standard InChI is InChI=1S/C24H29N7O2/c1-2-5-18-6-3-7-19(16-18)29-24(32)31-14-12-30(13-15-31)22-21(8-4-10-26-22)33-17-20-9-11-27-23(25)28-20/h3-4,6-11,16H,2,5,12-15,17H2,1H3,(H,29,32)(H2,25,27,28). The summed E-state index contributed by atoms with van der Waals surface area (Å²) in [5.41, 5.74) is 8.40. The van der Waals surface area contributed by atoms with E-state index in [4.69, 9.17) is 10.5 Å². The Morgan fingerprint density at radius 1 is 1.09 bits per heavy atom. The number of carbonyl (C=O) groups excluding carboxylic acids is 1. The maximum Gasteiger partial charge on any atom is 0.321 e. The van der Waals surface area contributed by atoms with Crippen LogP contribution in [0.3, 0.4) is 0 Å². The van der Waals surface area contributed by atoms with Gasteiger partial charge in [-0.3, -0.25) is 0 Å². The third-order valence-electron chi connectivity index (χ3n) is 5.44. The Morgan fingerprint density at radius 2 is 1.94 bits per heavy atom. The molecule has 9 nitrogen and oxygen atoms in total. The predicted molar refractivity (Wildman–Crippen MR) is 128 cm³/mol. The Labute approximate surface area is 193 Å². The van der Waals surface area contributed by atoms with Crippen molar-refractivity contribution in [2.75, 3.05) is 42.1 Å². The van der Waals surface area contributed by atoms with Crippen LogP contribution in [0.1, 0.15) is 24.6 Å². The molecule has 1 fully saturated rings. The molecule has 0 unspecified atom stereocenters. The zero-order valence-corrected chi connectivity index (χ0v) is 18.8. The van der Waals surface area contributed by atoms with Crippen molar-refractivity contribution in [1.82, 2.24) is 19.9 Å². The number of hydrogen-bond donors (Lipinski definition) is 2. The number of rotatable bonds is 7. The van der Waals surface area contributed by atoms with Gasteiger partial charge in [0.15, 0.2) is 11.6 Å². The zero-order valence-electron chi connectivity index (χ0n) is 18.8. The summed E-state index contributed by atoms with van der Waals surface area (Å²) in [5.74, 6) is 1.64. The highest BCUT2D eigenvalue weighted by Crippen LogP contribution is 2.27. The number of pyridine rings is 1. The van der Waals surface area contributed by atoms with E-state index in [1.807, 2.05) is 35.2 Å². The summed E-state index contributed by atoms with van der Waals surface area (Å²) in [6.07, 6.45) is 5.43. The van der Waals surface area contributed by atoms with Crippen molar-refractivity contribution < 1.29 is 9.53 Å². The molecule has 1 saturated heterocycles.